The maximum absolute atomic E-state index is 10.9. The van der Waals surface area contributed by atoms with Crippen LogP contribution in [0, 0.1) is 12.8 Å². The van der Waals surface area contributed by atoms with Crippen molar-refractivity contribution in [2.45, 2.75) is 42.9 Å². The summed E-state index contributed by atoms with van der Waals surface area (Å²) in [6.45, 7) is 2.96. The van der Waals surface area contributed by atoms with Crippen molar-refractivity contribution in [2.75, 3.05) is 13.2 Å². The van der Waals surface area contributed by atoms with Gasteiger partial charge < -0.3 is 20.3 Å². The predicted octanol–water partition coefficient (Wildman–Crippen LogP) is 1.18. The number of rotatable bonds is 2. The van der Waals surface area contributed by atoms with E-state index in [2.05, 4.69) is 0 Å². The van der Waals surface area contributed by atoms with Crippen LogP contribution in [0.5, 0.6) is 0 Å². The summed E-state index contributed by atoms with van der Waals surface area (Å²) in [5.41, 5.74) is 6.69. The lowest BCUT2D eigenvalue weighted by Crippen LogP contribution is -2.48. The predicted molar refractivity (Wildman–Crippen MR) is 88.6 cm³/mol. The van der Waals surface area contributed by atoms with Crippen molar-refractivity contribution < 1.29 is 32.3 Å². The van der Waals surface area contributed by atoms with Crippen molar-refractivity contribution in [3.8, 4) is 0 Å². The fourth-order valence-corrected chi connectivity index (χ4v) is 3.40. The first-order chi connectivity index (χ1) is 11.6. The Kier molecular flexibility index (Phi) is 6.17. The molecule has 2 atom stereocenters. The minimum absolute atomic E-state index is 0.0666. The van der Waals surface area contributed by atoms with Gasteiger partial charge in [0.25, 0.3) is 10.1 Å². The maximum Gasteiger partial charge on any atom is 0.308 e. The minimum atomic E-state index is -4.02. The number of aliphatic carboxylic acids is 1. The lowest BCUT2D eigenvalue weighted by molar-refractivity contribution is -0.195. The Labute approximate surface area is 146 Å². The Balaban J connectivity index is 0.000000186. The monoisotopic (exact) mass is 373 g/mol. The minimum Gasteiger partial charge on any atom is -0.481 e. The highest BCUT2D eigenvalue weighted by molar-refractivity contribution is 7.85. The van der Waals surface area contributed by atoms with Crippen LogP contribution in [0.4, 0.5) is 0 Å². The van der Waals surface area contributed by atoms with E-state index in [1.165, 1.54) is 12.1 Å². The topological polar surface area (TPSA) is 136 Å². The molecule has 1 aromatic rings. The van der Waals surface area contributed by atoms with Crippen LogP contribution in [-0.4, -0.2) is 49.1 Å². The molecule has 140 valence electrons. The third-order valence-corrected chi connectivity index (χ3v) is 5.22. The van der Waals surface area contributed by atoms with E-state index >= 15 is 0 Å². The Morgan fingerprint density at radius 3 is 2.28 bits per heavy atom. The lowest BCUT2D eigenvalue weighted by Gasteiger charge is -2.37. The van der Waals surface area contributed by atoms with Crippen LogP contribution in [0.3, 0.4) is 0 Å². The zero-order valence-electron chi connectivity index (χ0n) is 13.9. The van der Waals surface area contributed by atoms with Crippen LogP contribution in [0.25, 0.3) is 0 Å². The molecular weight excluding hydrogens is 350 g/mol. The molecule has 1 aromatic carbocycles. The maximum atomic E-state index is 10.9. The van der Waals surface area contributed by atoms with Crippen LogP contribution >= 0.6 is 0 Å². The van der Waals surface area contributed by atoms with Gasteiger partial charge in [-0.05, 0) is 25.5 Å². The fraction of sp³-hybridized carbons (Fsp3) is 0.562. The molecule has 2 aliphatic rings. The van der Waals surface area contributed by atoms with E-state index < -0.39 is 27.8 Å². The van der Waals surface area contributed by atoms with Gasteiger partial charge in [0, 0.05) is 18.9 Å². The van der Waals surface area contributed by atoms with Gasteiger partial charge in [-0.3, -0.25) is 9.35 Å². The first-order valence-corrected chi connectivity index (χ1v) is 9.37. The van der Waals surface area contributed by atoms with E-state index in [1.54, 1.807) is 12.1 Å². The van der Waals surface area contributed by atoms with Gasteiger partial charge in [0.1, 0.15) is 0 Å². The average Bonchev–Trinajstić information content (AvgIpc) is 2.98. The van der Waals surface area contributed by atoms with Gasteiger partial charge in [0.2, 0.25) is 0 Å². The number of carboxylic acids is 1. The van der Waals surface area contributed by atoms with E-state index in [0.29, 0.717) is 32.5 Å². The second-order valence-electron chi connectivity index (χ2n) is 6.25. The number of nitrogens with two attached hydrogens (primary N) is 1. The van der Waals surface area contributed by atoms with Crippen molar-refractivity contribution >= 4 is 16.1 Å². The zero-order chi connectivity index (χ0) is 18.7. The molecule has 1 heterocycles. The summed E-state index contributed by atoms with van der Waals surface area (Å²) >= 11 is 0. The number of carboxylic acid groups (broad SMARTS) is 1. The highest BCUT2D eigenvalue weighted by Crippen LogP contribution is 2.38. The molecule has 0 aromatic heterocycles. The molecule has 1 spiro atoms. The van der Waals surface area contributed by atoms with E-state index in [9.17, 15) is 13.2 Å². The van der Waals surface area contributed by atoms with E-state index in [0.717, 1.165) is 5.56 Å². The number of aryl methyl sites for hydroxylation is 1. The van der Waals surface area contributed by atoms with E-state index in [4.69, 9.17) is 24.9 Å². The van der Waals surface area contributed by atoms with Crippen molar-refractivity contribution in [3.05, 3.63) is 29.8 Å². The van der Waals surface area contributed by atoms with Gasteiger partial charge >= 0.3 is 5.97 Å². The normalized spacial score (nSPS) is 25.2. The molecule has 2 fully saturated rings. The van der Waals surface area contributed by atoms with E-state index in [1.807, 2.05) is 6.92 Å². The van der Waals surface area contributed by atoms with E-state index in [-0.39, 0.29) is 10.9 Å². The zero-order valence-corrected chi connectivity index (χ0v) is 14.7. The molecular formula is C16H23NO7S. The largest absolute Gasteiger partial charge is 0.481 e. The molecule has 4 N–H and O–H groups in total. The molecule has 0 radical (unpaired) electrons. The van der Waals surface area contributed by atoms with Crippen molar-refractivity contribution in [3.63, 3.8) is 0 Å². The smallest absolute Gasteiger partial charge is 0.308 e. The molecule has 3 rings (SSSR count). The number of hydrogen-bond acceptors (Lipinski definition) is 6. The first-order valence-electron chi connectivity index (χ1n) is 7.93. The summed E-state index contributed by atoms with van der Waals surface area (Å²) in [5, 5.41) is 8.96. The van der Waals surface area contributed by atoms with Crippen LogP contribution < -0.4 is 5.73 Å². The number of carbonyl (C=O) groups is 1. The SMILES string of the molecule is Cc1ccc(S(=O)(=O)O)cc1.N[C@H]1CCC2(C[C@H]1C(=O)O)OCCO2. The fourth-order valence-electron chi connectivity index (χ4n) is 2.92. The highest BCUT2D eigenvalue weighted by atomic mass is 32.2. The molecule has 0 bridgehead atoms. The third-order valence-electron chi connectivity index (χ3n) is 4.36. The van der Waals surface area contributed by atoms with Gasteiger partial charge in [-0.1, -0.05) is 17.7 Å². The van der Waals surface area contributed by atoms with Gasteiger partial charge in [-0.25, -0.2) is 0 Å². The second-order valence-corrected chi connectivity index (χ2v) is 7.67. The molecule has 9 heteroatoms. The Morgan fingerprint density at radius 2 is 1.80 bits per heavy atom. The Hall–Kier alpha value is -1.52. The van der Waals surface area contributed by atoms with Crippen molar-refractivity contribution in [2.24, 2.45) is 11.7 Å². The molecule has 25 heavy (non-hydrogen) atoms. The number of ether oxygens (including phenoxy) is 2. The Morgan fingerprint density at radius 1 is 1.24 bits per heavy atom. The third kappa shape index (κ3) is 5.23. The summed E-state index contributed by atoms with van der Waals surface area (Å²) in [5.74, 6) is -2.05. The highest BCUT2D eigenvalue weighted by Gasteiger charge is 2.46. The summed E-state index contributed by atoms with van der Waals surface area (Å²) in [7, 11) is -4.02. The van der Waals surface area contributed by atoms with Gasteiger partial charge in [-0.2, -0.15) is 8.42 Å². The quantitative estimate of drug-likeness (QED) is 0.658. The average molecular weight is 373 g/mol. The second kappa shape index (κ2) is 7.79. The number of hydrogen-bond donors (Lipinski definition) is 3. The summed E-state index contributed by atoms with van der Waals surface area (Å²) in [6.07, 6.45) is 1.73. The van der Waals surface area contributed by atoms with Gasteiger partial charge in [0.05, 0.1) is 24.0 Å². The van der Waals surface area contributed by atoms with Crippen molar-refractivity contribution in [1.82, 2.24) is 0 Å². The summed E-state index contributed by atoms with van der Waals surface area (Å²) in [4.78, 5) is 10.8. The molecule has 8 nitrogen and oxygen atoms in total. The lowest BCUT2D eigenvalue weighted by atomic mass is 9.81. The van der Waals surface area contributed by atoms with Crippen LogP contribution in [-0.2, 0) is 24.4 Å². The Bertz CT molecular complexity index is 696. The van der Waals surface area contributed by atoms with Crippen LogP contribution in [0.1, 0.15) is 24.8 Å². The molecule has 1 aliphatic heterocycles. The van der Waals surface area contributed by atoms with Gasteiger partial charge in [0.15, 0.2) is 5.79 Å². The molecule has 1 saturated heterocycles. The molecule has 1 aliphatic carbocycles. The molecule has 0 unspecified atom stereocenters. The molecule has 0 amide bonds. The summed E-state index contributed by atoms with van der Waals surface area (Å²) in [6, 6.07) is 5.72. The van der Waals surface area contributed by atoms with Crippen LogP contribution in [0.2, 0.25) is 0 Å². The first kappa shape index (κ1) is 19.8. The van der Waals surface area contributed by atoms with Crippen LogP contribution in [0.15, 0.2) is 29.2 Å². The standard InChI is InChI=1S/C9H15NO4.C7H8O3S/c10-7-1-2-9(13-3-4-14-9)5-6(7)8(11)12;1-6-2-4-7(5-3-6)11(8,9)10/h6-7H,1-5,10H2,(H,11,12);2-5H,1H3,(H,8,9,10)/t6-,7+;/m1./s1. The summed E-state index contributed by atoms with van der Waals surface area (Å²) < 4.78 is 40.5. The van der Waals surface area contributed by atoms with Gasteiger partial charge in [-0.15, -0.1) is 0 Å². The number of benzene rings is 1. The molecule has 1 saturated carbocycles. The van der Waals surface area contributed by atoms with Crippen molar-refractivity contribution in [1.29, 1.82) is 0 Å².